The summed E-state index contributed by atoms with van der Waals surface area (Å²) in [4.78, 5) is 27.7. The lowest BCUT2D eigenvalue weighted by Gasteiger charge is -2.27. The number of rotatable bonds is 7. The number of sulfone groups is 1. The average molecular weight is 753 g/mol. The number of amides is 2. The van der Waals surface area contributed by atoms with Crippen LogP contribution in [0.25, 0.3) is 22.6 Å². The summed E-state index contributed by atoms with van der Waals surface area (Å²) in [5, 5.41) is 9.72. The number of nitrogens with zero attached hydrogens (tertiary/aromatic N) is 3. The Morgan fingerprint density at radius 1 is 0.981 bits per heavy atom. The lowest BCUT2D eigenvalue weighted by Crippen LogP contribution is -2.49. The van der Waals surface area contributed by atoms with Crippen LogP contribution in [-0.4, -0.2) is 48.5 Å². The van der Waals surface area contributed by atoms with E-state index >= 15 is 13.2 Å². The van der Waals surface area contributed by atoms with E-state index in [-0.39, 0.29) is 6.54 Å². The number of carbonyl (C=O) groups is 2. The van der Waals surface area contributed by atoms with Crippen LogP contribution in [0.5, 0.6) is 0 Å². The van der Waals surface area contributed by atoms with Gasteiger partial charge in [0, 0.05) is 18.2 Å². The smallest absolute Gasteiger partial charge is 0.416 e. The Balaban J connectivity index is 1.58. The molecular weight excluding hydrogens is 718 g/mol. The van der Waals surface area contributed by atoms with E-state index < -0.39 is 96.7 Å². The summed E-state index contributed by atoms with van der Waals surface area (Å²) in [6.07, 6.45) is -5.99. The van der Waals surface area contributed by atoms with Crippen molar-refractivity contribution < 1.29 is 53.5 Å². The van der Waals surface area contributed by atoms with Gasteiger partial charge in [-0.3, -0.25) is 4.79 Å². The minimum atomic E-state index is -4.52. The first-order chi connectivity index (χ1) is 23.9. The minimum absolute atomic E-state index is 0.372. The summed E-state index contributed by atoms with van der Waals surface area (Å²) >= 11 is 0. The third kappa shape index (κ3) is 7.93. The topological polar surface area (TPSA) is 132 Å². The predicted molar refractivity (Wildman–Crippen MR) is 177 cm³/mol. The fourth-order valence-electron chi connectivity index (χ4n) is 5.30. The fraction of sp³-hybridized carbons (Fsp3) is 0.371. The van der Waals surface area contributed by atoms with Crippen LogP contribution in [0.2, 0.25) is 0 Å². The van der Waals surface area contributed by atoms with Crippen LogP contribution >= 0.6 is 0 Å². The average Bonchev–Trinajstić information content (AvgIpc) is 3.50. The molecule has 278 valence electrons. The molecule has 1 aliphatic heterocycles. The molecule has 1 atom stereocenters. The number of fused-ring (bicyclic) bond motifs is 1. The Kier molecular flexibility index (Phi) is 9.75. The third-order valence-corrected chi connectivity index (χ3v) is 10.5. The number of aromatic nitrogens is 2. The van der Waals surface area contributed by atoms with Crippen molar-refractivity contribution >= 4 is 27.5 Å². The molecule has 52 heavy (non-hydrogen) atoms. The Bertz CT molecular complexity index is 2110. The van der Waals surface area contributed by atoms with Crippen LogP contribution in [0.4, 0.5) is 36.8 Å². The van der Waals surface area contributed by atoms with E-state index in [1.54, 1.807) is 12.1 Å². The normalized spacial score (nSPS) is 16.7. The molecule has 1 N–H and O–H groups in total. The van der Waals surface area contributed by atoms with Gasteiger partial charge < -0.3 is 19.4 Å². The molecule has 2 amide bonds. The van der Waals surface area contributed by atoms with Crippen LogP contribution in [0.3, 0.4) is 0 Å². The molecule has 3 aromatic carbocycles. The number of anilines is 1. The zero-order chi connectivity index (χ0) is 38.6. The molecule has 10 nitrogen and oxygen atoms in total. The van der Waals surface area contributed by atoms with E-state index in [1.807, 2.05) is 0 Å². The molecule has 1 aliphatic rings. The van der Waals surface area contributed by atoms with Crippen molar-refractivity contribution in [3.63, 3.8) is 0 Å². The Morgan fingerprint density at radius 3 is 2.10 bits per heavy atom. The lowest BCUT2D eigenvalue weighted by molar-refractivity contribution is -0.137. The van der Waals surface area contributed by atoms with Gasteiger partial charge in [0.15, 0.2) is 9.84 Å². The molecule has 0 saturated heterocycles. The Hall–Kier alpha value is -4.93. The van der Waals surface area contributed by atoms with Gasteiger partial charge >= 0.3 is 12.3 Å². The molecule has 1 aromatic heterocycles. The number of alkyl carbamates (subject to hydrolysis) is 1. The van der Waals surface area contributed by atoms with Gasteiger partial charge in [0.1, 0.15) is 22.2 Å². The highest BCUT2D eigenvalue weighted by atomic mass is 32.2. The van der Waals surface area contributed by atoms with Gasteiger partial charge in [0.25, 0.3) is 11.8 Å². The van der Waals surface area contributed by atoms with Crippen LogP contribution < -0.4 is 10.2 Å². The van der Waals surface area contributed by atoms with Gasteiger partial charge in [-0.1, -0.05) is 36.4 Å². The summed E-state index contributed by atoms with van der Waals surface area (Å²) in [5.74, 6) is -7.07. The molecule has 0 spiro atoms. The van der Waals surface area contributed by atoms with Crippen LogP contribution in [-0.2, 0) is 42.8 Å². The molecule has 2 heterocycles. The molecular formula is C35H34F6N4O6S. The van der Waals surface area contributed by atoms with Gasteiger partial charge in [-0.25, -0.2) is 26.4 Å². The largest absolute Gasteiger partial charge is 0.444 e. The second kappa shape index (κ2) is 13.2. The molecule has 0 radical (unpaired) electrons. The summed E-state index contributed by atoms with van der Waals surface area (Å²) < 4.78 is 121. The SMILES string of the molecule is CC(C)(C)OC(=O)NC1CC(F)(F)c2cc(F)c(-c3nnc(C(C)(C)S(C)(=O)=O)o3)cc2N(Cc2ccc(-c3ccc(C(F)(F)F)cc3)cc2)C1=O. The van der Waals surface area contributed by atoms with Gasteiger partial charge in [0.05, 0.1) is 23.4 Å². The van der Waals surface area contributed by atoms with E-state index in [1.165, 1.54) is 58.9 Å². The number of alkyl halides is 5. The maximum atomic E-state index is 16.0. The minimum Gasteiger partial charge on any atom is -0.444 e. The van der Waals surface area contributed by atoms with Crippen molar-refractivity contribution in [2.75, 3.05) is 11.2 Å². The summed E-state index contributed by atoms with van der Waals surface area (Å²) in [5.41, 5.74) is -2.39. The van der Waals surface area contributed by atoms with E-state index in [0.717, 1.165) is 29.4 Å². The third-order valence-electron chi connectivity index (χ3n) is 8.42. The predicted octanol–water partition coefficient (Wildman–Crippen LogP) is 7.76. The second-order valence-electron chi connectivity index (χ2n) is 13.8. The number of hydrogen-bond donors (Lipinski definition) is 1. The van der Waals surface area contributed by atoms with E-state index in [0.29, 0.717) is 22.8 Å². The highest BCUT2D eigenvalue weighted by Crippen LogP contribution is 2.45. The number of halogens is 6. The molecule has 17 heteroatoms. The van der Waals surface area contributed by atoms with Crippen LogP contribution in [0.15, 0.2) is 65.1 Å². The fourth-order valence-corrected chi connectivity index (χ4v) is 5.70. The monoisotopic (exact) mass is 752 g/mol. The van der Waals surface area contributed by atoms with Gasteiger partial charge in [-0.05, 0) is 75.6 Å². The van der Waals surface area contributed by atoms with Crippen molar-refractivity contribution in [3.8, 4) is 22.6 Å². The van der Waals surface area contributed by atoms with Crippen LogP contribution in [0.1, 0.15) is 63.6 Å². The van der Waals surface area contributed by atoms with E-state index in [2.05, 4.69) is 15.5 Å². The Labute approximate surface area is 295 Å². The molecule has 0 fully saturated rings. The number of benzene rings is 3. The number of nitrogens with one attached hydrogen (secondary N) is 1. The molecule has 0 aliphatic carbocycles. The van der Waals surface area contributed by atoms with Crippen molar-refractivity contribution in [2.45, 2.75) is 76.1 Å². The summed E-state index contributed by atoms with van der Waals surface area (Å²) in [7, 11) is -3.81. The summed E-state index contributed by atoms with van der Waals surface area (Å²) in [6.45, 7) is 6.80. The number of carbonyl (C=O) groups excluding carboxylic acids is 2. The molecule has 4 aromatic rings. The molecule has 1 unspecified atom stereocenters. The molecule has 5 rings (SSSR count). The van der Waals surface area contributed by atoms with Crippen LogP contribution in [0, 0.1) is 5.82 Å². The molecule has 0 saturated carbocycles. The standard InChI is InChI=1S/C35H34F6N4O6S/c1-32(2,3)51-31(47)42-26-17-34(37,38)24-16-25(36)23(28-43-44-30(50-28)33(4,5)52(6,48)49)15-27(24)45(29(26)46)18-19-7-9-20(10-8-19)21-11-13-22(14-12-21)35(39,40)41/h7-16,26H,17-18H2,1-6H3,(H,42,47). The summed E-state index contributed by atoms with van der Waals surface area (Å²) in [6, 6.07) is 10.2. The van der Waals surface area contributed by atoms with E-state index in [9.17, 15) is 31.2 Å². The first-order valence-corrected chi connectivity index (χ1v) is 17.6. The maximum Gasteiger partial charge on any atom is 0.416 e. The van der Waals surface area contributed by atoms with Crippen molar-refractivity contribution in [3.05, 3.63) is 89.1 Å². The highest BCUT2D eigenvalue weighted by Gasteiger charge is 2.47. The lowest BCUT2D eigenvalue weighted by atomic mass is 9.99. The van der Waals surface area contributed by atoms with E-state index in [4.69, 9.17) is 9.15 Å². The molecule has 0 bridgehead atoms. The van der Waals surface area contributed by atoms with Gasteiger partial charge in [-0.2, -0.15) is 13.2 Å². The quantitative estimate of drug-likeness (QED) is 0.190. The second-order valence-corrected chi connectivity index (χ2v) is 16.4. The zero-order valence-corrected chi connectivity index (χ0v) is 29.5. The number of ether oxygens (including phenoxy) is 1. The van der Waals surface area contributed by atoms with Gasteiger partial charge in [-0.15, -0.1) is 10.2 Å². The maximum absolute atomic E-state index is 16.0. The number of hydrogen-bond acceptors (Lipinski definition) is 8. The zero-order valence-electron chi connectivity index (χ0n) is 28.7. The van der Waals surface area contributed by atoms with Crippen molar-refractivity contribution in [2.24, 2.45) is 0 Å². The first-order valence-electron chi connectivity index (χ1n) is 15.7. The first kappa shape index (κ1) is 38.3. The van der Waals surface area contributed by atoms with Crippen molar-refractivity contribution in [1.29, 1.82) is 0 Å². The van der Waals surface area contributed by atoms with Crippen molar-refractivity contribution in [1.82, 2.24) is 15.5 Å². The highest BCUT2D eigenvalue weighted by molar-refractivity contribution is 7.91. The Morgan fingerprint density at radius 2 is 1.56 bits per heavy atom. The van der Waals surface area contributed by atoms with Gasteiger partial charge in [0.2, 0.25) is 11.8 Å².